The van der Waals surface area contributed by atoms with Crippen molar-refractivity contribution in [1.29, 1.82) is 0 Å². The number of ketones is 1. The van der Waals surface area contributed by atoms with Gasteiger partial charge in [0.05, 0.1) is 0 Å². The summed E-state index contributed by atoms with van der Waals surface area (Å²) < 4.78 is 27.0. The highest BCUT2D eigenvalue weighted by Crippen LogP contribution is 2.15. The molecule has 1 aromatic heterocycles. The number of nitrogens with one attached hydrogen (secondary N) is 1. The second-order valence-electron chi connectivity index (χ2n) is 4.25. The summed E-state index contributed by atoms with van der Waals surface area (Å²) in [5.74, 6) is -0.896. The molecule has 1 heterocycles. The number of carbonyl (C=O) groups is 2. The third kappa shape index (κ3) is 3.56. The Hall–Kier alpha value is -2.45. The first kappa shape index (κ1) is 14.9. The van der Waals surface area contributed by atoms with Crippen LogP contribution in [0.15, 0.2) is 45.9 Å². The Morgan fingerprint density at radius 2 is 1.71 bits per heavy atom. The summed E-state index contributed by atoms with van der Waals surface area (Å²) in [6.07, 6.45) is 0. The molecule has 0 aliphatic heterocycles. The van der Waals surface area contributed by atoms with E-state index in [-0.39, 0.29) is 11.5 Å². The molecule has 0 atom stereocenters. The Morgan fingerprint density at radius 1 is 1.10 bits per heavy atom. The van der Waals surface area contributed by atoms with Crippen molar-refractivity contribution in [3.05, 3.63) is 47.7 Å². The van der Waals surface area contributed by atoms with E-state index in [0.717, 1.165) is 6.07 Å². The average molecular weight is 308 g/mol. The minimum Gasteiger partial charge on any atom is -0.438 e. The van der Waals surface area contributed by atoms with E-state index in [1.54, 1.807) is 24.3 Å². The van der Waals surface area contributed by atoms with Crippen LogP contribution in [0.25, 0.3) is 0 Å². The maximum absolute atomic E-state index is 11.9. The Balaban J connectivity index is 2.14. The minimum atomic E-state index is -3.99. The summed E-state index contributed by atoms with van der Waals surface area (Å²) in [4.78, 5) is 23.0. The number of hydrogen-bond acceptors (Lipinski definition) is 5. The van der Waals surface area contributed by atoms with Crippen molar-refractivity contribution in [2.45, 2.75) is 12.0 Å². The Labute approximate surface area is 120 Å². The number of primary sulfonamides is 1. The Morgan fingerprint density at radius 3 is 2.19 bits per heavy atom. The van der Waals surface area contributed by atoms with Crippen LogP contribution in [0.3, 0.4) is 0 Å². The first-order chi connectivity index (χ1) is 9.77. The topological polar surface area (TPSA) is 119 Å². The normalized spacial score (nSPS) is 11.1. The van der Waals surface area contributed by atoms with Gasteiger partial charge < -0.3 is 9.73 Å². The van der Waals surface area contributed by atoms with E-state index in [2.05, 4.69) is 5.32 Å². The number of benzene rings is 1. The molecule has 0 saturated heterocycles. The zero-order chi connectivity index (χ0) is 15.6. The van der Waals surface area contributed by atoms with Gasteiger partial charge >= 0.3 is 0 Å². The molecule has 110 valence electrons. The van der Waals surface area contributed by atoms with Gasteiger partial charge in [0.25, 0.3) is 15.9 Å². The number of amides is 1. The quantitative estimate of drug-likeness (QED) is 0.827. The van der Waals surface area contributed by atoms with Crippen LogP contribution >= 0.6 is 0 Å². The van der Waals surface area contributed by atoms with Crippen molar-refractivity contribution < 1.29 is 22.4 Å². The lowest BCUT2D eigenvalue weighted by atomic mass is 10.1. The molecule has 3 N–H and O–H groups in total. The van der Waals surface area contributed by atoms with Gasteiger partial charge in [-0.25, -0.2) is 13.6 Å². The van der Waals surface area contributed by atoms with E-state index < -0.39 is 21.0 Å². The fourth-order valence-corrected chi connectivity index (χ4v) is 2.04. The van der Waals surface area contributed by atoms with Gasteiger partial charge in [0.15, 0.2) is 11.5 Å². The van der Waals surface area contributed by atoms with Crippen LogP contribution < -0.4 is 10.5 Å². The molecule has 0 fully saturated rings. The van der Waals surface area contributed by atoms with E-state index in [0.29, 0.717) is 11.3 Å². The molecule has 1 aromatic carbocycles. The van der Waals surface area contributed by atoms with Crippen molar-refractivity contribution in [3.63, 3.8) is 0 Å². The van der Waals surface area contributed by atoms with Crippen LogP contribution in [-0.2, 0) is 10.0 Å². The van der Waals surface area contributed by atoms with Gasteiger partial charge in [-0.05, 0) is 43.3 Å². The van der Waals surface area contributed by atoms with E-state index in [1.165, 1.54) is 13.0 Å². The molecule has 2 rings (SSSR count). The van der Waals surface area contributed by atoms with Crippen LogP contribution in [0.5, 0.6) is 0 Å². The molecular weight excluding hydrogens is 296 g/mol. The molecule has 7 nitrogen and oxygen atoms in total. The standard InChI is InChI=1S/C13H12N2O5S/c1-8(16)9-2-4-10(5-3-9)15-13(17)11-6-7-12(20-11)21(14,18)19/h2-7H,1H3,(H,15,17)(H2,14,18,19). The third-order valence-corrected chi connectivity index (χ3v) is 3.42. The molecule has 0 spiro atoms. The van der Waals surface area contributed by atoms with E-state index in [4.69, 9.17) is 9.56 Å². The highest BCUT2D eigenvalue weighted by molar-refractivity contribution is 7.89. The number of furan rings is 1. The van der Waals surface area contributed by atoms with Crippen LogP contribution in [0.2, 0.25) is 0 Å². The molecule has 0 aliphatic rings. The van der Waals surface area contributed by atoms with Gasteiger partial charge in [-0.2, -0.15) is 0 Å². The Bertz CT molecular complexity index is 790. The van der Waals surface area contributed by atoms with Crippen LogP contribution in [0.4, 0.5) is 5.69 Å². The van der Waals surface area contributed by atoms with Gasteiger partial charge in [0.2, 0.25) is 5.09 Å². The molecule has 1 amide bonds. The average Bonchev–Trinajstić information content (AvgIpc) is 2.88. The molecule has 21 heavy (non-hydrogen) atoms. The van der Waals surface area contributed by atoms with Gasteiger partial charge in [-0.3, -0.25) is 9.59 Å². The van der Waals surface area contributed by atoms with Crippen molar-refractivity contribution in [3.8, 4) is 0 Å². The lowest BCUT2D eigenvalue weighted by Gasteiger charge is -2.03. The molecule has 0 aliphatic carbocycles. The molecule has 0 bridgehead atoms. The minimum absolute atomic E-state index is 0.0864. The first-order valence-corrected chi connectivity index (χ1v) is 7.37. The summed E-state index contributed by atoms with van der Waals surface area (Å²) in [5.41, 5.74) is 0.959. The van der Waals surface area contributed by atoms with Gasteiger partial charge in [0, 0.05) is 11.3 Å². The highest BCUT2D eigenvalue weighted by atomic mass is 32.2. The molecule has 0 radical (unpaired) electrons. The van der Waals surface area contributed by atoms with Crippen LogP contribution in [0.1, 0.15) is 27.8 Å². The molecule has 8 heteroatoms. The zero-order valence-electron chi connectivity index (χ0n) is 11.0. The van der Waals surface area contributed by atoms with E-state index >= 15 is 0 Å². The fraction of sp³-hybridized carbons (Fsp3) is 0.0769. The molecule has 0 unspecified atom stereocenters. The summed E-state index contributed by atoms with van der Waals surface area (Å²) >= 11 is 0. The zero-order valence-corrected chi connectivity index (χ0v) is 11.8. The molecule has 2 aromatic rings. The van der Waals surface area contributed by atoms with Crippen LogP contribution in [-0.4, -0.2) is 20.1 Å². The number of nitrogens with two attached hydrogens (primary N) is 1. The molecule has 0 saturated carbocycles. The van der Waals surface area contributed by atoms with Crippen molar-refractivity contribution in [2.75, 3.05) is 5.32 Å². The fourth-order valence-electron chi connectivity index (χ4n) is 1.58. The summed E-state index contributed by atoms with van der Waals surface area (Å²) in [6, 6.07) is 8.55. The van der Waals surface area contributed by atoms with Gasteiger partial charge in [-0.15, -0.1) is 0 Å². The Kier molecular flexibility index (Phi) is 3.92. The van der Waals surface area contributed by atoms with Crippen molar-refractivity contribution >= 4 is 27.4 Å². The number of sulfonamides is 1. The second kappa shape index (κ2) is 5.51. The highest BCUT2D eigenvalue weighted by Gasteiger charge is 2.17. The van der Waals surface area contributed by atoms with Crippen molar-refractivity contribution in [1.82, 2.24) is 0 Å². The largest absolute Gasteiger partial charge is 0.438 e. The van der Waals surface area contributed by atoms with Gasteiger partial charge in [0.1, 0.15) is 0 Å². The van der Waals surface area contributed by atoms with Crippen molar-refractivity contribution in [2.24, 2.45) is 5.14 Å². The van der Waals surface area contributed by atoms with Gasteiger partial charge in [-0.1, -0.05) is 0 Å². The van der Waals surface area contributed by atoms with E-state index in [9.17, 15) is 18.0 Å². The third-order valence-electron chi connectivity index (χ3n) is 2.63. The SMILES string of the molecule is CC(=O)c1ccc(NC(=O)c2ccc(S(N)(=O)=O)o2)cc1. The van der Waals surface area contributed by atoms with E-state index in [1.807, 2.05) is 0 Å². The molecular formula is C13H12N2O5S. The smallest absolute Gasteiger partial charge is 0.291 e. The summed E-state index contributed by atoms with van der Waals surface area (Å²) in [6.45, 7) is 1.44. The predicted molar refractivity (Wildman–Crippen MR) is 74.5 cm³/mol. The number of hydrogen-bond donors (Lipinski definition) is 2. The maximum atomic E-state index is 11.9. The monoisotopic (exact) mass is 308 g/mol. The van der Waals surface area contributed by atoms with Crippen LogP contribution in [0, 0.1) is 0 Å². The number of Topliss-reactive ketones (excluding diaryl/α,β-unsaturated/α-hetero) is 1. The summed E-state index contributed by atoms with van der Waals surface area (Å²) in [5, 5.41) is 6.91. The lowest BCUT2D eigenvalue weighted by Crippen LogP contribution is -2.12. The second-order valence-corrected chi connectivity index (χ2v) is 5.74. The number of carbonyl (C=O) groups excluding carboxylic acids is 2. The lowest BCUT2D eigenvalue weighted by molar-refractivity contribution is 0.0989. The maximum Gasteiger partial charge on any atom is 0.291 e. The first-order valence-electron chi connectivity index (χ1n) is 5.82. The summed E-state index contributed by atoms with van der Waals surface area (Å²) in [7, 11) is -3.99. The predicted octanol–water partition coefficient (Wildman–Crippen LogP) is 1.38. The number of anilines is 1. The number of rotatable bonds is 4.